The van der Waals surface area contributed by atoms with E-state index in [1.54, 1.807) is 6.92 Å². The predicted octanol–water partition coefficient (Wildman–Crippen LogP) is 2.99. The summed E-state index contributed by atoms with van der Waals surface area (Å²) >= 11 is 7.40. The lowest BCUT2D eigenvalue weighted by atomic mass is 10.1. The van der Waals surface area contributed by atoms with Crippen molar-refractivity contribution < 1.29 is 5.11 Å². The first kappa shape index (κ1) is 19.2. The summed E-state index contributed by atoms with van der Waals surface area (Å²) < 4.78 is 0. The fourth-order valence-electron chi connectivity index (χ4n) is 3.04. The van der Waals surface area contributed by atoms with Gasteiger partial charge in [-0.3, -0.25) is 0 Å². The van der Waals surface area contributed by atoms with E-state index in [4.69, 9.17) is 22.6 Å². The molecule has 0 spiro atoms. The molecule has 3 aromatic rings. The molecular weight excluding hydrogens is 408 g/mol. The summed E-state index contributed by atoms with van der Waals surface area (Å²) in [5.74, 6) is 6.57. The van der Waals surface area contributed by atoms with Gasteiger partial charge in [0.1, 0.15) is 21.0 Å². The number of aromatic nitrogens is 3. The first-order chi connectivity index (χ1) is 13.9. The van der Waals surface area contributed by atoms with Gasteiger partial charge in [-0.1, -0.05) is 29.5 Å². The molecule has 1 aromatic carbocycles. The van der Waals surface area contributed by atoms with Crippen molar-refractivity contribution in [2.24, 2.45) is 0 Å². The van der Waals surface area contributed by atoms with Crippen LogP contribution in [0, 0.1) is 23.2 Å². The Kier molecular flexibility index (Phi) is 4.85. The van der Waals surface area contributed by atoms with E-state index in [9.17, 15) is 5.11 Å². The summed E-state index contributed by atoms with van der Waals surface area (Å²) in [6.45, 7) is 2.28. The minimum absolute atomic E-state index is 0.157. The number of nitrogen functional groups attached to an aromatic ring is 1. The van der Waals surface area contributed by atoms with E-state index in [-0.39, 0.29) is 5.95 Å². The molecule has 2 aromatic heterocycles. The number of hydrogen-bond donors (Lipinski definition) is 2. The topological polar surface area (TPSA) is 112 Å². The van der Waals surface area contributed by atoms with E-state index < -0.39 is 5.60 Å². The maximum Gasteiger partial charge on any atom is 0.222 e. The number of thiazole rings is 1. The normalized spacial score (nSPS) is 14.5. The highest BCUT2D eigenvalue weighted by Crippen LogP contribution is 2.37. The Morgan fingerprint density at radius 3 is 2.93 bits per heavy atom. The Labute approximate surface area is 176 Å². The standard InChI is InChI=1S/C20H15ClN6OS/c1-20(28,18-24-10-14(9-22)29-18)6-4-12-2-3-13-5-7-27(16(13)8-12)17-15(21)11-25-19(23)26-17/h2-3,8,10-11,28H,5,7H2,1H3,(H2,23,25,26). The Balaban J connectivity index is 1.67. The highest BCUT2D eigenvalue weighted by atomic mass is 35.5. The molecule has 0 radical (unpaired) electrons. The maximum absolute atomic E-state index is 10.7. The van der Waals surface area contributed by atoms with Crippen LogP contribution in [0.1, 0.15) is 27.9 Å². The number of aliphatic hydroxyl groups is 1. The summed E-state index contributed by atoms with van der Waals surface area (Å²) in [6, 6.07) is 7.85. The molecule has 0 aliphatic carbocycles. The van der Waals surface area contributed by atoms with E-state index in [0.717, 1.165) is 41.1 Å². The van der Waals surface area contributed by atoms with Crippen LogP contribution in [-0.2, 0) is 12.0 Å². The lowest BCUT2D eigenvalue weighted by molar-refractivity contribution is 0.122. The van der Waals surface area contributed by atoms with Crippen LogP contribution in [0.5, 0.6) is 0 Å². The summed E-state index contributed by atoms with van der Waals surface area (Å²) in [4.78, 5) is 14.7. The van der Waals surface area contributed by atoms with Crippen LogP contribution in [0.25, 0.3) is 0 Å². The fourth-order valence-corrected chi connectivity index (χ4v) is 3.94. The van der Waals surface area contributed by atoms with Gasteiger partial charge in [0.15, 0.2) is 11.4 Å². The molecule has 7 nitrogen and oxygen atoms in total. The van der Waals surface area contributed by atoms with E-state index in [1.165, 1.54) is 12.4 Å². The predicted molar refractivity (Wildman–Crippen MR) is 112 cm³/mol. The summed E-state index contributed by atoms with van der Waals surface area (Å²) in [5.41, 5.74) is 7.09. The van der Waals surface area contributed by atoms with E-state index in [1.807, 2.05) is 29.2 Å². The first-order valence-electron chi connectivity index (χ1n) is 8.68. The van der Waals surface area contributed by atoms with Crippen LogP contribution >= 0.6 is 22.9 Å². The quantitative estimate of drug-likeness (QED) is 0.610. The molecule has 0 fully saturated rings. The van der Waals surface area contributed by atoms with Crippen molar-refractivity contribution in [1.29, 1.82) is 5.26 Å². The lowest BCUT2D eigenvalue weighted by Gasteiger charge is -2.19. The number of anilines is 3. The monoisotopic (exact) mass is 422 g/mol. The number of benzene rings is 1. The third-order valence-electron chi connectivity index (χ3n) is 4.46. The molecule has 0 saturated carbocycles. The Bertz CT molecular complexity index is 1200. The van der Waals surface area contributed by atoms with Gasteiger partial charge in [0, 0.05) is 17.8 Å². The van der Waals surface area contributed by atoms with Crippen LogP contribution in [0.2, 0.25) is 5.02 Å². The minimum Gasteiger partial charge on any atom is -0.371 e. The molecular formula is C20H15ClN6OS. The summed E-state index contributed by atoms with van der Waals surface area (Å²) in [6.07, 6.45) is 3.76. The van der Waals surface area contributed by atoms with Crippen molar-refractivity contribution in [2.45, 2.75) is 18.9 Å². The molecule has 0 bridgehead atoms. The van der Waals surface area contributed by atoms with Gasteiger partial charge in [0.2, 0.25) is 5.95 Å². The van der Waals surface area contributed by atoms with Gasteiger partial charge in [-0.2, -0.15) is 10.2 Å². The zero-order valence-corrected chi connectivity index (χ0v) is 16.9. The molecule has 0 amide bonds. The van der Waals surface area contributed by atoms with Crippen molar-refractivity contribution in [3.63, 3.8) is 0 Å². The Morgan fingerprint density at radius 2 is 2.17 bits per heavy atom. The fraction of sp³-hybridized carbons (Fsp3) is 0.200. The summed E-state index contributed by atoms with van der Waals surface area (Å²) in [7, 11) is 0. The van der Waals surface area contributed by atoms with Crippen LogP contribution < -0.4 is 10.6 Å². The average Bonchev–Trinajstić information content (AvgIpc) is 3.35. The largest absolute Gasteiger partial charge is 0.371 e. The lowest BCUT2D eigenvalue weighted by Crippen LogP contribution is -2.18. The number of nitrogens with two attached hydrogens (primary N) is 1. The van der Waals surface area contributed by atoms with E-state index >= 15 is 0 Å². The Hall–Kier alpha value is -3.17. The van der Waals surface area contributed by atoms with Crippen molar-refractivity contribution in [1.82, 2.24) is 15.0 Å². The van der Waals surface area contributed by atoms with Gasteiger partial charge in [0.05, 0.1) is 12.4 Å². The molecule has 3 heterocycles. The second-order valence-corrected chi connectivity index (χ2v) is 8.05. The van der Waals surface area contributed by atoms with Gasteiger partial charge in [0.25, 0.3) is 0 Å². The number of halogens is 1. The highest BCUT2D eigenvalue weighted by Gasteiger charge is 2.26. The summed E-state index contributed by atoms with van der Waals surface area (Å²) in [5, 5.41) is 20.4. The van der Waals surface area contributed by atoms with Crippen LogP contribution in [0.3, 0.4) is 0 Å². The van der Waals surface area contributed by atoms with Gasteiger partial charge < -0.3 is 15.7 Å². The molecule has 1 aliphatic heterocycles. The zero-order chi connectivity index (χ0) is 20.6. The molecule has 1 unspecified atom stereocenters. The third kappa shape index (κ3) is 3.74. The first-order valence-corrected chi connectivity index (χ1v) is 9.87. The van der Waals surface area contributed by atoms with Crippen molar-refractivity contribution in [2.75, 3.05) is 17.2 Å². The maximum atomic E-state index is 10.7. The second-order valence-electron chi connectivity index (χ2n) is 6.61. The SMILES string of the molecule is CC(O)(C#Cc1ccc2c(c1)N(c1nc(N)ncc1Cl)CC2)c1ncc(C#N)s1. The zero-order valence-electron chi connectivity index (χ0n) is 15.3. The molecule has 4 rings (SSSR count). The number of nitrogens with zero attached hydrogens (tertiary/aromatic N) is 5. The number of rotatable bonds is 2. The number of nitriles is 1. The van der Waals surface area contributed by atoms with Crippen molar-refractivity contribution >= 4 is 40.4 Å². The molecule has 3 N–H and O–H groups in total. The van der Waals surface area contributed by atoms with Crippen LogP contribution in [-0.4, -0.2) is 26.6 Å². The van der Waals surface area contributed by atoms with Crippen molar-refractivity contribution in [3.05, 3.63) is 56.6 Å². The molecule has 1 atom stereocenters. The van der Waals surface area contributed by atoms with Crippen LogP contribution in [0.4, 0.5) is 17.5 Å². The smallest absolute Gasteiger partial charge is 0.222 e. The Morgan fingerprint density at radius 1 is 1.34 bits per heavy atom. The van der Waals surface area contributed by atoms with Gasteiger partial charge >= 0.3 is 0 Å². The van der Waals surface area contributed by atoms with Crippen LogP contribution in [0.15, 0.2) is 30.6 Å². The molecule has 0 saturated heterocycles. The minimum atomic E-state index is -1.46. The number of fused-ring (bicyclic) bond motifs is 1. The van der Waals surface area contributed by atoms with Gasteiger partial charge in [-0.25, -0.2) is 9.97 Å². The molecule has 1 aliphatic rings. The van der Waals surface area contributed by atoms with Gasteiger partial charge in [-0.05, 0) is 31.0 Å². The van der Waals surface area contributed by atoms with E-state index in [0.29, 0.717) is 20.7 Å². The average molecular weight is 423 g/mol. The number of hydrogen-bond acceptors (Lipinski definition) is 8. The second kappa shape index (κ2) is 7.34. The third-order valence-corrected chi connectivity index (χ3v) is 5.84. The molecule has 144 valence electrons. The van der Waals surface area contributed by atoms with E-state index in [2.05, 4.69) is 26.8 Å². The molecule has 9 heteroatoms. The van der Waals surface area contributed by atoms with Crippen molar-refractivity contribution in [3.8, 4) is 17.9 Å². The highest BCUT2D eigenvalue weighted by molar-refractivity contribution is 7.12. The van der Waals surface area contributed by atoms with Gasteiger partial charge in [-0.15, -0.1) is 11.3 Å². The molecule has 29 heavy (non-hydrogen) atoms.